The third-order valence-electron chi connectivity index (χ3n) is 7.56. The van der Waals surface area contributed by atoms with Gasteiger partial charge in [0.05, 0.1) is 5.41 Å². The largest absolute Gasteiger partial charge is 0.355 e. The summed E-state index contributed by atoms with van der Waals surface area (Å²) >= 11 is 0. The summed E-state index contributed by atoms with van der Waals surface area (Å²) in [6, 6.07) is 16.8. The molecule has 2 heterocycles. The molecule has 1 N–H and O–H groups in total. The first kappa shape index (κ1) is 19.3. The number of hydrogen-bond acceptors (Lipinski definition) is 2. The monoisotopic (exact) mass is 406 g/mol. The lowest BCUT2D eigenvalue weighted by molar-refractivity contribution is -0.138. The Morgan fingerprint density at radius 2 is 1.63 bits per heavy atom. The highest BCUT2D eigenvalue weighted by Gasteiger charge is 2.54. The zero-order valence-corrected chi connectivity index (χ0v) is 17.1. The van der Waals surface area contributed by atoms with Crippen molar-refractivity contribution < 1.29 is 14.0 Å². The highest BCUT2D eigenvalue weighted by Crippen LogP contribution is 2.52. The quantitative estimate of drug-likeness (QED) is 0.844. The van der Waals surface area contributed by atoms with Gasteiger partial charge in [-0.05, 0) is 54.4 Å². The Kier molecular flexibility index (Phi) is 4.64. The molecular formula is C25H27FN2O2. The van der Waals surface area contributed by atoms with Gasteiger partial charge in [0, 0.05) is 32.0 Å². The molecule has 2 aromatic carbocycles. The molecule has 3 fully saturated rings. The van der Waals surface area contributed by atoms with Crippen molar-refractivity contribution >= 4 is 11.8 Å². The topological polar surface area (TPSA) is 49.4 Å². The molecular weight excluding hydrogens is 379 g/mol. The van der Waals surface area contributed by atoms with Crippen LogP contribution in [0.2, 0.25) is 0 Å². The molecule has 156 valence electrons. The fourth-order valence-corrected chi connectivity index (χ4v) is 5.60. The second-order valence-corrected chi connectivity index (χ2v) is 9.19. The summed E-state index contributed by atoms with van der Waals surface area (Å²) in [4.78, 5) is 27.7. The van der Waals surface area contributed by atoms with Crippen molar-refractivity contribution in [1.29, 1.82) is 0 Å². The van der Waals surface area contributed by atoms with Gasteiger partial charge in [0.15, 0.2) is 0 Å². The number of likely N-dealkylation sites (tertiary alicyclic amines) is 1. The van der Waals surface area contributed by atoms with Crippen molar-refractivity contribution in [3.05, 3.63) is 71.5 Å². The molecule has 1 spiro atoms. The standard InChI is InChI=1S/C25H27FN2O2/c26-20-8-6-18(7-9-20)21-17-27-22(29)16-24(21)12-14-28(15-13-24)23(30)25(10-11-25)19-4-2-1-3-5-19/h1-9,21H,10-17H2,(H,27,29)/t21-/m0/s1. The fraction of sp³-hybridized carbons (Fsp3) is 0.440. The Balaban J connectivity index is 1.35. The molecule has 0 aromatic heterocycles. The molecule has 2 saturated heterocycles. The Hall–Kier alpha value is -2.69. The number of nitrogens with one attached hydrogen (secondary N) is 1. The van der Waals surface area contributed by atoms with Gasteiger partial charge in [0.2, 0.25) is 11.8 Å². The van der Waals surface area contributed by atoms with E-state index in [1.165, 1.54) is 12.1 Å². The summed E-state index contributed by atoms with van der Waals surface area (Å²) in [6.07, 6.45) is 3.91. The number of halogens is 1. The van der Waals surface area contributed by atoms with Crippen molar-refractivity contribution in [3.63, 3.8) is 0 Å². The van der Waals surface area contributed by atoms with Gasteiger partial charge < -0.3 is 10.2 Å². The number of piperidine rings is 2. The van der Waals surface area contributed by atoms with E-state index in [0.717, 1.165) is 36.8 Å². The van der Waals surface area contributed by atoms with E-state index in [9.17, 15) is 14.0 Å². The Morgan fingerprint density at radius 3 is 2.27 bits per heavy atom. The molecule has 5 rings (SSSR count). The number of carbonyl (C=O) groups excluding carboxylic acids is 2. The van der Waals surface area contributed by atoms with Gasteiger partial charge in [-0.15, -0.1) is 0 Å². The van der Waals surface area contributed by atoms with Crippen LogP contribution in [0.15, 0.2) is 54.6 Å². The van der Waals surface area contributed by atoms with E-state index < -0.39 is 0 Å². The number of benzene rings is 2. The first-order chi connectivity index (χ1) is 14.5. The van der Waals surface area contributed by atoms with Crippen LogP contribution in [-0.4, -0.2) is 36.3 Å². The van der Waals surface area contributed by atoms with Gasteiger partial charge in [-0.1, -0.05) is 42.5 Å². The number of hydrogen-bond donors (Lipinski definition) is 1. The van der Waals surface area contributed by atoms with Gasteiger partial charge in [-0.25, -0.2) is 4.39 Å². The lowest BCUT2D eigenvalue weighted by Gasteiger charge is -2.49. The molecule has 4 nitrogen and oxygen atoms in total. The normalized spacial score (nSPS) is 24.4. The van der Waals surface area contributed by atoms with Crippen molar-refractivity contribution in [2.24, 2.45) is 5.41 Å². The Morgan fingerprint density at radius 1 is 0.967 bits per heavy atom. The van der Waals surface area contributed by atoms with Crippen LogP contribution in [0, 0.1) is 11.2 Å². The summed E-state index contributed by atoms with van der Waals surface area (Å²) in [7, 11) is 0. The van der Waals surface area contributed by atoms with Gasteiger partial charge in [0.1, 0.15) is 5.82 Å². The van der Waals surface area contributed by atoms with Crippen molar-refractivity contribution in [1.82, 2.24) is 10.2 Å². The minimum absolute atomic E-state index is 0.0797. The molecule has 1 aliphatic carbocycles. The Labute approximate surface area is 176 Å². The lowest BCUT2D eigenvalue weighted by Crippen LogP contribution is -2.54. The van der Waals surface area contributed by atoms with Gasteiger partial charge in [0.25, 0.3) is 0 Å². The predicted molar refractivity (Wildman–Crippen MR) is 112 cm³/mol. The zero-order chi connectivity index (χ0) is 20.8. The van der Waals surface area contributed by atoms with E-state index in [4.69, 9.17) is 0 Å². The van der Waals surface area contributed by atoms with Crippen LogP contribution in [0.5, 0.6) is 0 Å². The average molecular weight is 407 g/mol. The summed E-state index contributed by atoms with van der Waals surface area (Å²) in [5.41, 5.74) is 1.68. The first-order valence-corrected chi connectivity index (χ1v) is 10.9. The van der Waals surface area contributed by atoms with E-state index in [0.29, 0.717) is 26.1 Å². The molecule has 2 amide bonds. The number of carbonyl (C=O) groups is 2. The summed E-state index contributed by atoms with van der Waals surface area (Å²) in [5, 5.41) is 2.99. The number of nitrogens with zero attached hydrogens (tertiary/aromatic N) is 1. The second-order valence-electron chi connectivity index (χ2n) is 9.19. The molecule has 2 aliphatic heterocycles. The van der Waals surface area contributed by atoms with Crippen LogP contribution in [0.1, 0.15) is 49.1 Å². The van der Waals surface area contributed by atoms with Crippen LogP contribution in [-0.2, 0) is 15.0 Å². The zero-order valence-electron chi connectivity index (χ0n) is 17.1. The van der Waals surface area contributed by atoms with E-state index in [1.807, 2.05) is 35.2 Å². The molecule has 5 heteroatoms. The van der Waals surface area contributed by atoms with Crippen molar-refractivity contribution in [2.75, 3.05) is 19.6 Å². The molecule has 0 bridgehead atoms. The Bertz CT molecular complexity index is 945. The van der Waals surface area contributed by atoms with E-state index in [-0.39, 0.29) is 34.4 Å². The predicted octanol–water partition coefficient (Wildman–Crippen LogP) is 3.77. The minimum atomic E-state index is -0.341. The van der Waals surface area contributed by atoms with E-state index in [1.54, 1.807) is 0 Å². The average Bonchev–Trinajstić information content (AvgIpc) is 3.58. The van der Waals surface area contributed by atoms with Gasteiger partial charge in [-0.3, -0.25) is 9.59 Å². The van der Waals surface area contributed by atoms with Crippen LogP contribution in [0.25, 0.3) is 0 Å². The van der Waals surface area contributed by atoms with Gasteiger partial charge in [-0.2, -0.15) is 0 Å². The van der Waals surface area contributed by atoms with Crippen molar-refractivity contribution in [3.8, 4) is 0 Å². The molecule has 1 saturated carbocycles. The summed E-state index contributed by atoms with van der Waals surface area (Å²) < 4.78 is 13.4. The molecule has 2 aromatic rings. The van der Waals surface area contributed by atoms with Gasteiger partial charge >= 0.3 is 0 Å². The second kappa shape index (κ2) is 7.22. The molecule has 0 unspecified atom stereocenters. The number of rotatable bonds is 3. The minimum Gasteiger partial charge on any atom is -0.355 e. The maximum absolute atomic E-state index is 13.4. The maximum atomic E-state index is 13.4. The van der Waals surface area contributed by atoms with E-state index in [2.05, 4.69) is 17.4 Å². The van der Waals surface area contributed by atoms with Crippen LogP contribution in [0.3, 0.4) is 0 Å². The summed E-state index contributed by atoms with van der Waals surface area (Å²) in [5.74, 6) is 0.221. The van der Waals surface area contributed by atoms with E-state index >= 15 is 0 Å². The molecule has 3 aliphatic rings. The van der Waals surface area contributed by atoms with Crippen molar-refractivity contribution in [2.45, 2.75) is 43.4 Å². The summed E-state index contributed by atoms with van der Waals surface area (Å²) in [6.45, 7) is 1.93. The molecule has 0 radical (unpaired) electrons. The fourth-order valence-electron chi connectivity index (χ4n) is 5.60. The molecule has 30 heavy (non-hydrogen) atoms. The van der Waals surface area contributed by atoms with Crippen LogP contribution >= 0.6 is 0 Å². The maximum Gasteiger partial charge on any atom is 0.233 e. The highest BCUT2D eigenvalue weighted by molar-refractivity contribution is 5.91. The highest BCUT2D eigenvalue weighted by atomic mass is 19.1. The van der Waals surface area contributed by atoms with Crippen LogP contribution < -0.4 is 5.32 Å². The third kappa shape index (κ3) is 3.21. The number of amides is 2. The smallest absolute Gasteiger partial charge is 0.233 e. The molecule has 1 atom stereocenters. The first-order valence-electron chi connectivity index (χ1n) is 10.9. The SMILES string of the molecule is O=C1CC2(CCN(C(=O)C3(c4ccccc4)CC3)CC2)[C@H](c2ccc(F)cc2)CN1. The lowest BCUT2D eigenvalue weighted by atomic mass is 9.62. The third-order valence-corrected chi connectivity index (χ3v) is 7.56. The van der Waals surface area contributed by atoms with Crippen LogP contribution in [0.4, 0.5) is 4.39 Å².